The molecule has 7 heteroatoms. The van der Waals surface area contributed by atoms with Crippen LogP contribution in [0.5, 0.6) is 0 Å². The zero-order chi connectivity index (χ0) is 16.0. The number of hydrogen-bond acceptors (Lipinski definition) is 6. The van der Waals surface area contributed by atoms with Crippen molar-refractivity contribution >= 4 is 21.8 Å². The van der Waals surface area contributed by atoms with E-state index in [4.69, 9.17) is 0 Å². The van der Waals surface area contributed by atoms with Crippen LogP contribution in [0.25, 0.3) is 0 Å². The van der Waals surface area contributed by atoms with Gasteiger partial charge in [0.25, 0.3) is 5.25 Å². The summed E-state index contributed by atoms with van der Waals surface area (Å²) >= 11 is 0. The van der Waals surface area contributed by atoms with Crippen molar-refractivity contribution in [2.45, 2.75) is 17.1 Å². The van der Waals surface area contributed by atoms with Crippen molar-refractivity contribution in [1.29, 1.82) is 0 Å². The zero-order valence-electron chi connectivity index (χ0n) is 11.7. The molecule has 21 heavy (non-hydrogen) atoms. The number of rotatable bonds is 6. The Morgan fingerprint density at radius 3 is 2.29 bits per heavy atom. The van der Waals surface area contributed by atoms with Crippen LogP contribution in [0.1, 0.15) is 5.56 Å². The van der Waals surface area contributed by atoms with E-state index in [0.29, 0.717) is 0 Å². The minimum absolute atomic E-state index is 0.154. The molecule has 6 nitrogen and oxygen atoms in total. The second kappa shape index (κ2) is 7.03. The van der Waals surface area contributed by atoms with Crippen LogP contribution in [0.3, 0.4) is 0 Å². The summed E-state index contributed by atoms with van der Waals surface area (Å²) in [7, 11) is -3.24. The summed E-state index contributed by atoms with van der Waals surface area (Å²) < 4.78 is 33.9. The summed E-state index contributed by atoms with van der Waals surface area (Å²) in [6, 6.07) is 5.77. The van der Waals surface area contributed by atoms with Gasteiger partial charge in [-0.1, -0.05) is 30.4 Å². The molecule has 0 aliphatic carbocycles. The maximum Gasteiger partial charge on any atom is 0.336 e. The van der Waals surface area contributed by atoms with Crippen molar-refractivity contribution in [1.82, 2.24) is 0 Å². The predicted molar refractivity (Wildman–Crippen MR) is 75.3 cm³/mol. The van der Waals surface area contributed by atoms with Crippen molar-refractivity contribution < 1.29 is 27.5 Å². The minimum atomic E-state index is -4.24. The summed E-state index contributed by atoms with van der Waals surface area (Å²) in [5.41, 5.74) is 0.845. The highest BCUT2D eigenvalue weighted by atomic mass is 32.2. The third kappa shape index (κ3) is 3.91. The summed E-state index contributed by atoms with van der Waals surface area (Å²) in [5, 5.41) is -2.05. The average Bonchev–Trinajstić information content (AvgIpc) is 2.45. The monoisotopic (exact) mass is 312 g/mol. The number of sulfone groups is 1. The topological polar surface area (TPSA) is 86.7 Å². The number of hydrogen-bond donors (Lipinski definition) is 0. The van der Waals surface area contributed by atoms with E-state index in [9.17, 15) is 18.0 Å². The number of esters is 2. The molecular formula is C14H16O6S. The molecule has 0 fully saturated rings. The molecular weight excluding hydrogens is 296 g/mol. The Kier molecular flexibility index (Phi) is 5.66. The zero-order valence-corrected chi connectivity index (χ0v) is 12.6. The molecule has 0 amide bonds. The van der Waals surface area contributed by atoms with Crippen LogP contribution in [0.15, 0.2) is 41.8 Å². The molecule has 0 bridgehead atoms. The van der Waals surface area contributed by atoms with Crippen molar-refractivity contribution in [3.05, 3.63) is 42.5 Å². The number of carbonyl (C=O) groups excluding carboxylic acids is 2. The van der Waals surface area contributed by atoms with E-state index in [2.05, 4.69) is 16.1 Å². The molecule has 0 N–H and O–H groups in total. The van der Waals surface area contributed by atoms with E-state index in [0.717, 1.165) is 12.7 Å². The Morgan fingerprint density at radius 1 is 1.24 bits per heavy atom. The van der Waals surface area contributed by atoms with Crippen LogP contribution in [0.2, 0.25) is 0 Å². The number of ether oxygens (including phenoxy) is 2. The molecule has 0 radical (unpaired) electrons. The minimum Gasteiger partial charge on any atom is -0.468 e. The molecule has 0 saturated heterocycles. The van der Waals surface area contributed by atoms with Crippen LogP contribution in [-0.2, 0) is 28.9 Å². The molecule has 0 heterocycles. The fourth-order valence-electron chi connectivity index (χ4n) is 1.54. The van der Waals surface area contributed by atoms with Gasteiger partial charge in [-0.2, -0.15) is 0 Å². The molecule has 0 spiro atoms. The summed E-state index contributed by atoms with van der Waals surface area (Å²) in [6.45, 7) is 4.93. The molecule has 0 aromatic heterocycles. The Balaban J connectivity index is 3.23. The van der Waals surface area contributed by atoms with E-state index in [-0.39, 0.29) is 11.5 Å². The van der Waals surface area contributed by atoms with Gasteiger partial charge < -0.3 is 9.47 Å². The Bertz CT molecular complexity index is 630. The van der Waals surface area contributed by atoms with Gasteiger partial charge in [0.05, 0.1) is 12.0 Å². The van der Waals surface area contributed by atoms with Gasteiger partial charge in [-0.3, -0.25) is 4.79 Å². The SMILES string of the molecule is C=CCOC(=O)C(C(=O)OC)S(=O)(=O)c1ccc(C)cc1. The summed E-state index contributed by atoms with van der Waals surface area (Å²) in [6.07, 6.45) is 1.27. The molecule has 1 aromatic carbocycles. The van der Waals surface area contributed by atoms with Gasteiger partial charge in [0, 0.05) is 0 Å². The van der Waals surface area contributed by atoms with Gasteiger partial charge in [0.1, 0.15) is 6.61 Å². The standard InChI is InChI=1S/C14H16O6S/c1-4-9-20-14(16)12(13(15)19-3)21(17,18)11-7-5-10(2)6-8-11/h4-8,12H,1,9H2,2-3H3. The van der Waals surface area contributed by atoms with Crippen LogP contribution in [-0.4, -0.2) is 39.3 Å². The van der Waals surface area contributed by atoms with Gasteiger partial charge >= 0.3 is 11.9 Å². The van der Waals surface area contributed by atoms with Crippen LogP contribution in [0.4, 0.5) is 0 Å². The lowest BCUT2D eigenvalue weighted by Crippen LogP contribution is -2.40. The number of carbonyl (C=O) groups is 2. The summed E-state index contributed by atoms with van der Waals surface area (Å²) in [4.78, 5) is 23.4. The first-order chi connectivity index (χ1) is 9.84. The van der Waals surface area contributed by atoms with E-state index >= 15 is 0 Å². The quantitative estimate of drug-likeness (QED) is 0.443. The third-order valence-corrected chi connectivity index (χ3v) is 4.57. The molecule has 0 aliphatic rings. The lowest BCUT2D eigenvalue weighted by molar-refractivity contribution is -0.151. The first-order valence-electron chi connectivity index (χ1n) is 6.00. The van der Waals surface area contributed by atoms with Gasteiger partial charge in [0.2, 0.25) is 9.84 Å². The fraction of sp³-hybridized carbons (Fsp3) is 0.286. The Labute approximate surface area is 123 Å². The highest BCUT2D eigenvalue weighted by Crippen LogP contribution is 2.19. The lowest BCUT2D eigenvalue weighted by atomic mass is 10.2. The average molecular weight is 312 g/mol. The highest BCUT2D eigenvalue weighted by molar-refractivity contribution is 7.93. The van der Waals surface area contributed by atoms with E-state index < -0.39 is 27.0 Å². The van der Waals surface area contributed by atoms with Gasteiger partial charge in [-0.25, -0.2) is 13.2 Å². The van der Waals surface area contributed by atoms with Crippen LogP contribution in [0, 0.1) is 6.92 Å². The first kappa shape index (κ1) is 16.9. The van der Waals surface area contributed by atoms with Crippen LogP contribution >= 0.6 is 0 Å². The smallest absolute Gasteiger partial charge is 0.336 e. The van der Waals surface area contributed by atoms with Crippen molar-refractivity contribution in [2.75, 3.05) is 13.7 Å². The van der Waals surface area contributed by atoms with Crippen molar-refractivity contribution in [3.63, 3.8) is 0 Å². The summed E-state index contributed by atoms with van der Waals surface area (Å²) in [5.74, 6) is -2.38. The van der Waals surface area contributed by atoms with E-state index in [1.807, 2.05) is 0 Å². The van der Waals surface area contributed by atoms with Gasteiger partial charge in [-0.15, -0.1) is 0 Å². The second-order valence-electron chi connectivity index (χ2n) is 4.18. The first-order valence-corrected chi connectivity index (χ1v) is 7.55. The van der Waals surface area contributed by atoms with Gasteiger partial charge in [0.15, 0.2) is 0 Å². The number of methoxy groups -OCH3 is 1. The van der Waals surface area contributed by atoms with Crippen molar-refractivity contribution in [2.24, 2.45) is 0 Å². The van der Waals surface area contributed by atoms with E-state index in [1.165, 1.54) is 18.2 Å². The maximum atomic E-state index is 12.4. The van der Waals surface area contributed by atoms with Crippen LogP contribution < -0.4 is 0 Å². The molecule has 1 aromatic rings. The van der Waals surface area contributed by atoms with Crippen molar-refractivity contribution in [3.8, 4) is 0 Å². The Morgan fingerprint density at radius 2 is 1.81 bits per heavy atom. The highest BCUT2D eigenvalue weighted by Gasteiger charge is 2.42. The largest absolute Gasteiger partial charge is 0.468 e. The Hall–Kier alpha value is -2.15. The molecule has 1 unspecified atom stereocenters. The number of aryl methyl sites for hydroxylation is 1. The van der Waals surface area contributed by atoms with E-state index in [1.54, 1.807) is 19.1 Å². The third-order valence-electron chi connectivity index (χ3n) is 2.63. The number of benzene rings is 1. The lowest BCUT2D eigenvalue weighted by Gasteiger charge is -2.14. The fourth-order valence-corrected chi connectivity index (χ4v) is 3.00. The maximum absolute atomic E-state index is 12.4. The van der Waals surface area contributed by atoms with Gasteiger partial charge in [-0.05, 0) is 19.1 Å². The molecule has 114 valence electrons. The second-order valence-corrected chi connectivity index (χ2v) is 6.21. The molecule has 0 saturated carbocycles. The normalized spacial score (nSPS) is 12.3. The molecule has 1 atom stereocenters. The molecule has 0 aliphatic heterocycles. The molecule has 1 rings (SSSR count). The predicted octanol–water partition coefficient (Wildman–Crippen LogP) is 1.04.